The van der Waals surface area contributed by atoms with Crippen molar-refractivity contribution in [2.45, 2.75) is 26.1 Å². The first kappa shape index (κ1) is 15.4. The van der Waals surface area contributed by atoms with Crippen LogP contribution in [0.5, 0.6) is 0 Å². The lowest BCUT2D eigenvalue weighted by atomic mass is 9.99. The van der Waals surface area contributed by atoms with Crippen molar-refractivity contribution in [2.75, 3.05) is 4.90 Å². The Hall–Kier alpha value is -2.53. The lowest BCUT2D eigenvalue weighted by Crippen LogP contribution is -2.45. The van der Waals surface area contributed by atoms with Crippen molar-refractivity contribution in [3.8, 4) is 0 Å². The number of para-hydroxylation sites is 1. The summed E-state index contributed by atoms with van der Waals surface area (Å²) in [5, 5.41) is 0. The third-order valence-electron chi connectivity index (χ3n) is 3.82. The molecule has 4 nitrogen and oxygen atoms in total. The number of benzodiazepines with no additional fused rings is 1. The normalized spacial score (nSPS) is 17.8. The van der Waals surface area contributed by atoms with Gasteiger partial charge in [-0.3, -0.25) is 9.79 Å². The minimum Gasteiger partial charge on any atom is -0.306 e. The number of nitrogens with two attached hydrogens (primary N) is 1. The van der Waals surface area contributed by atoms with Gasteiger partial charge < -0.3 is 10.6 Å². The number of fused-ring (bicyclic) bond motifs is 1. The van der Waals surface area contributed by atoms with Gasteiger partial charge in [0.1, 0.15) is 5.82 Å². The van der Waals surface area contributed by atoms with E-state index in [0.29, 0.717) is 22.5 Å². The molecule has 3 rings (SSSR count). The number of hydrogen-bond donors (Lipinski definition) is 1. The maximum atomic E-state index is 14.3. The summed E-state index contributed by atoms with van der Waals surface area (Å²) in [6.07, 6.45) is -1.06. The van der Waals surface area contributed by atoms with Crippen LogP contribution in [-0.2, 0) is 4.79 Å². The Balaban J connectivity index is 2.28. The van der Waals surface area contributed by atoms with E-state index in [9.17, 15) is 9.18 Å². The van der Waals surface area contributed by atoms with E-state index in [1.54, 1.807) is 23.1 Å². The molecule has 1 atom stereocenters. The van der Waals surface area contributed by atoms with E-state index in [-0.39, 0.29) is 11.9 Å². The average Bonchev–Trinajstić information content (AvgIpc) is 2.63. The highest BCUT2D eigenvalue weighted by Crippen LogP contribution is 2.29. The molecule has 2 aromatic rings. The first-order chi connectivity index (χ1) is 11.0. The fourth-order valence-corrected chi connectivity index (χ4v) is 2.81. The van der Waals surface area contributed by atoms with Crippen LogP contribution in [0.25, 0.3) is 0 Å². The van der Waals surface area contributed by atoms with Gasteiger partial charge in [0.15, 0.2) is 6.17 Å². The van der Waals surface area contributed by atoms with Crippen molar-refractivity contribution in [3.05, 3.63) is 65.5 Å². The van der Waals surface area contributed by atoms with Crippen LogP contribution in [0.15, 0.2) is 53.5 Å². The van der Waals surface area contributed by atoms with Crippen LogP contribution in [0, 0.1) is 5.82 Å². The summed E-state index contributed by atoms with van der Waals surface area (Å²) in [5.41, 5.74) is 8.11. The molecule has 1 unspecified atom stereocenters. The largest absolute Gasteiger partial charge is 0.306 e. The molecule has 0 saturated heterocycles. The smallest absolute Gasteiger partial charge is 0.266 e. The molecule has 2 N–H and O–H groups in total. The van der Waals surface area contributed by atoms with E-state index >= 15 is 0 Å². The van der Waals surface area contributed by atoms with Gasteiger partial charge in [0.25, 0.3) is 5.91 Å². The Labute approximate surface area is 134 Å². The van der Waals surface area contributed by atoms with E-state index in [1.807, 2.05) is 38.1 Å². The van der Waals surface area contributed by atoms with Crippen LogP contribution in [0.3, 0.4) is 0 Å². The summed E-state index contributed by atoms with van der Waals surface area (Å²) in [6, 6.07) is 13.7. The van der Waals surface area contributed by atoms with Gasteiger partial charge in [-0.15, -0.1) is 0 Å². The molecule has 0 aromatic heterocycles. The number of carbonyl (C=O) groups is 1. The second-order valence-electron chi connectivity index (χ2n) is 5.72. The Bertz CT molecular complexity index is 785. The molecule has 118 valence electrons. The summed E-state index contributed by atoms with van der Waals surface area (Å²) in [7, 11) is 0. The van der Waals surface area contributed by atoms with Crippen LogP contribution in [0.1, 0.15) is 25.0 Å². The minimum absolute atomic E-state index is 0.0788. The van der Waals surface area contributed by atoms with Crippen LogP contribution < -0.4 is 10.6 Å². The standard InChI is InChI=1S/C18H18FN3O/c1-11(2)22-15-10-6-4-8-13(15)16(21-17(20)18(22)23)12-7-3-5-9-14(12)19/h3-11,17H,20H2,1-2H3. The molecule has 1 heterocycles. The highest BCUT2D eigenvalue weighted by molar-refractivity contribution is 6.20. The first-order valence-corrected chi connectivity index (χ1v) is 7.51. The molecule has 5 heteroatoms. The van der Waals surface area contributed by atoms with E-state index < -0.39 is 12.0 Å². The Kier molecular flexibility index (Phi) is 3.96. The fraction of sp³-hybridized carbons (Fsp3) is 0.222. The number of anilines is 1. The zero-order chi connectivity index (χ0) is 16.6. The van der Waals surface area contributed by atoms with Gasteiger partial charge in [0.05, 0.1) is 11.4 Å². The number of rotatable bonds is 2. The minimum atomic E-state index is -1.06. The van der Waals surface area contributed by atoms with Crippen molar-refractivity contribution in [2.24, 2.45) is 10.7 Å². The Morgan fingerprint density at radius 2 is 1.70 bits per heavy atom. The topological polar surface area (TPSA) is 58.7 Å². The zero-order valence-corrected chi connectivity index (χ0v) is 13.0. The highest BCUT2D eigenvalue weighted by atomic mass is 19.1. The van der Waals surface area contributed by atoms with E-state index in [0.717, 1.165) is 0 Å². The molecular weight excluding hydrogens is 293 g/mol. The fourth-order valence-electron chi connectivity index (χ4n) is 2.81. The SMILES string of the molecule is CC(C)N1C(=O)C(N)N=C(c2ccccc2F)c2ccccc21. The summed E-state index contributed by atoms with van der Waals surface area (Å²) in [6.45, 7) is 3.82. The summed E-state index contributed by atoms with van der Waals surface area (Å²) < 4.78 is 14.3. The van der Waals surface area contributed by atoms with E-state index in [4.69, 9.17) is 5.73 Å². The van der Waals surface area contributed by atoms with Gasteiger partial charge in [-0.1, -0.05) is 30.3 Å². The van der Waals surface area contributed by atoms with Crippen LogP contribution in [0.4, 0.5) is 10.1 Å². The molecular formula is C18H18FN3O. The number of hydrogen-bond acceptors (Lipinski definition) is 3. The van der Waals surface area contributed by atoms with Crippen molar-refractivity contribution < 1.29 is 9.18 Å². The predicted molar refractivity (Wildman–Crippen MR) is 89.1 cm³/mol. The monoisotopic (exact) mass is 311 g/mol. The lowest BCUT2D eigenvalue weighted by Gasteiger charge is -2.28. The summed E-state index contributed by atoms with van der Waals surface area (Å²) in [4.78, 5) is 18.6. The Morgan fingerprint density at radius 3 is 2.35 bits per heavy atom. The van der Waals surface area contributed by atoms with Gasteiger partial charge in [-0.25, -0.2) is 4.39 Å². The molecule has 2 aromatic carbocycles. The molecule has 23 heavy (non-hydrogen) atoms. The quantitative estimate of drug-likeness (QED) is 0.927. The van der Waals surface area contributed by atoms with Gasteiger partial charge in [-0.05, 0) is 32.0 Å². The number of benzene rings is 2. The highest BCUT2D eigenvalue weighted by Gasteiger charge is 2.31. The van der Waals surface area contributed by atoms with Gasteiger partial charge in [-0.2, -0.15) is 0 Å². The second kappa shape index (κ2) is 5.93. The summed E-state index contributed by atoms with van der Waals surface area (Å²) >= 11 is 0. The Morgan fingerprint density at radius 1 is 1.09 bits per heavy atom. The number of amides is 1. The molecule has 0 fully saturated rings. The first-order valence-electron chi connectivity index (χ1n) is 7.51. The molecule has 0 spiro atoms. The van der Waals surface area contributed by atoms with E-state index in [1.165, 1.54) is 6.07 Å². The maximum Gasteiger partial charge on any atom is 0.266 e. The van der Waals surface area contributed by atoms with Gasteiger partial charge in [0, 0.05) is 17.2 Å². The van der Waals surface area contributed by atoms with Crippen LogP contribution in [0.2, 0.25) is 0 Å². The molecule has 1 amide bonds. The van der Waals surface area contributed by atoms with Crippen molar-refractivity contribution in [3.63, 3.8) is 0 Å². The third kappa shape index (κ3) is 2.64. The lowest BCUT2D eigenvalue weighted by molar-refractivity contribution is -0.120. The molecule has 0 radical (unpaired) electrons. The summed E-state index contributed by atoms with van der Waals surface area (Å²) in [5.74, 6) is -0.683. The molecule has 1 aliphatic rings. The van der Waals surface area contributed by atoms with Crippen LogP contribution in [-0.4, -0.2) is 23.8 Å². The number of aliphatic imine (C=N–C) groups is 1. The van der Waals surface area contributed by atoms with Gasteiger partial charge >= 0.3 is 0 Å². The molecule has 0 aliphatic carbocycles. The van der Waals surface area contributed by atoms with Crippen molar-refractivity contribution >= 4 is 17.3 Å². The van der Waals surface area contributed by atoms with Crippen molar-refractivity contribution in [1.29, 1.82) is 0 Å². The zero-order valence-electron chi connectivity index (χ0n) is 13.0. The number of halogens is 1. The molecule has 0 saturated carbocycles. The predicted octanol–water partition coefficient (Wildman–Crippen LogP) is 2.70. The number of carbonyl (C=O) groups excluding carboxylic acids is 1. The number of nitrogens with zero attached hydrogens (tertiary/aromatic N) is 2. The average molecular weight is 311 g/mol. The van der Waals surface area contributed by atoms with Crippen LogP contribution >= 0.6 is 0 Å². The van der Waals surface area contributed by atoms with E-state index in [2.05, 4.69) is 4.99 Å². The third-order valence-corrected chi connectivity index (χ3v) is 3.82. The second-order valence-corrected chi connectivity index (χ2v) is 5.72. The van der Waals surface area contributed by atoms with Crippen molar-refractivity contribution in [1.82, 2.24) is 0 Å². The van der Waals surface area contributed by atoms with Gasteiger partial charge in [0.2, 0.25) is 0 Å². The molecule has 0 bridgehead atoms. The molecule has 1 aliphatic heterocycles. The maximum absolute atomic E-state index is 14.3.